The molecule has 0 bridgehead atoms. The summed E-state index contributed by atoms with van der Waals surface area (Å²) in [6, 6.07) is 12.3. The van der Waals surface area contributed by atoms with Gasteiger partial charge < -0.3 is 4.74 Å². The summed E-state index contributed by atoms with van der Waals surface area (Å²) in [5, 5.41) is 0. The number of halogens is 2. The lowest BCUT2D eigenvalue weighted by molar-refractivity contribution is 0.0347. The Morgan fingerprint density at radius 2 is 1.62 bits per heavy atom. The monoisotopic (exact) mass is 354 g/mol. The van der Waals surface area contributed by atoms with Gasteiger partial charge in [-0.05, 0) is 49.1 Å². The molecule has 0 spiro atoms. The smallest absolute Gasteiger partial charge is 0.206 e. The third-order valence-corrected chi connectivity index (χ3v) is 5.42. The molecule has 0 aromatic heterocycles. The lowest BCUT2D eigenvalue weighted by atomic mass is 9.72. The molecule has 2 aliphatic rings. The number of hydrogen-bond acceptors (Lipinski definition) is 2. The van der Waals surface area contributed by atoms with Crippen LogP contribution in [0.3, 0.4) is 0 Å². The van der Waals surface area contributed by atoms with E-state index in [2.05, 4.69) is 0 Å². The van der Waals surface area contributed by atoms with E-state index >= 15 is 0 Å². The zero-order chi connectivity index (χ0) is 18.1. The van der Waals surface area contributed by atoms with Gasteiger partial charge in [-0.25, -0.2) is 8.78 Å². The quantitative estimate of drug-likeness (QED) is 0.691. The lowest BCUT2D eigenvalue weighted by Crippen LogP contribution is -2.41. The Morgan fingerprint density at radius 1 is 0.923 bits per heavy atom. The van der Waals surface area contributed by atoms with Crippen molar-refractivity contribution in [2.45, 2.75) is 31.8 Å². The van der Waals surface area contributed by atoms with Crippen LogP contribution in [0.2, 0.25) is 0 Å². The van der Waals surface area contributed by atoms with Crippen molar-refractivity contribution in [2.75, 3.05) is 0 Å². The molecular weight excluding hydrogens is 334 g/mol. The summed E-state index contributed by atoms with van der Waals surface area (Å²) in [5.74, 6) is -0.748. The van der Waals surface area contributed by atoms with Gasteiger partial charge in [0.2, 0.25) is 5.78 Å². The predicted molar refractivity (Wildman–Crippen MR) is 95.4 cm³/mol. The van der Waals surface area contributed by atoms with Crippen molar-refractivity contribution in [1.82, 2.24) is 0 Å². The predicted octanol–water partition coefficient (Wildman–Crippen LogP) is 5.39. The van der Waals surface area contributed by atoms with Crippen LogP contribution in [-0.2, 0) is 4.74 Å². The van der Waals surface area contributed by atoms with E-state index in [1.807, 2.05) is 6.08 Å². The molecule has 134 valence electrons. The van der Waals surface area contributed by atoms with Gasteiger partial charge in [0.25, 0.3) is 0 Å². The lowest BCUT2D eigenvalue weighted by Gasteiger charge is -2.39. The van der Waals surface area contributed by atoms with Crippen LogP contribution in [0.5, 0.6) is 0 Å². The number of rotatable bonds is 3. The largest absolute Gasteiger partial charge is 0.482 e. The molecule has 2 nitrogen and oxygen atoms in total. The Bertz CT molecular complexity index is 859. The van der Waals surface area contributed by atoms with E-state index in [0.717, 1.165) is 25.7 Å². The number of hydrogen-bond donors (Lipinski definition) is 0. The summed E-state index contributed by atoms with van der Waals surface area (Å²) < 4.78 is 34.4. The molecule has 0 radical (unpaired) electrons. The Hall–Kier alpha value is -2.49. The first-order valence-electron chi connectivity index (χ1n) is 9.07. The van der Waals surface area contributed by atoms with E-state index < -0.39 is 11.9 Å². The number of benzene rings is 2. The van der Waals surface area contributed by atoms with E-state index in [-0.39, 0.29) is 29.0 Å². The highest BCUT2D eigenvalue weighted by atomic mass is 19.1. The number of ketones is 1. The van der Waals surface area contributed by atoms with Crippen LogP contribution < -0.4 is 0 Å². The number of Topliss-reactive ketones (excluding diaryl/α,β-unsaturated/α-hetero) is 1. The first-order chi connectivity index (χ1) is 12.6. The van der Waals surface area contributed by atoms with Crippen LogP contribution in [0, 0.1) is 23.5 Å². The summed E-state index contributed by atoms with van der Waals surface area (Å²) in [4.78, 5) is 13.1. The molecule has 4 rings (SSSR count). The third-order valence-electron chi connectivity index (χ3n) is 5.42. The highest BCUT2D eigenvalue weighted by molar-refractivity contribution is 6.00. The van der Waals surface area contributed by atoms with E-state index in [9.17, 15) is 13.6 Å². The highest BCUT2D eigenvalue weighted by Crippen LogP contribution is 2.42. The number of ether oxygens (including phenoxy) is 1. The molecule has 1 heterocycles. The fourth-order valence-corrected chi connectivity index (χ4v) is 4.11. The Morgan fingerprint density at radius 3 is 2.38 bits per heavy atom. The van der Waals surface area contributed by atoms with Crippen LogP contribution in [0.4, 0.5) is 8.78 Å². The first-order valence-corrected chi connectivity index (χ1v) is 9.07. The summed E-state index contributed by atoms with van der Waals surface area (Å²) in [5.41, 5.74) is 0.388. The normalized spacial score (nSPS) is 25.0. The molecule has 4 heteroatoms. The van der Waals surface area contributed by atoms with Crippen molar-refractivity contribution in [3.63, 3.8) is 0 Å². The summed E-state index contributed by atoms with van der Waals surface area (Å²) in [6.45, 7) is 0. The van der Waals surface area contributed by atoms with Gasteiger partial charge in [-0.3, -0.25) is 4.79 Å². The maximum absolute atomic E-state index is 14.2. The molecule has 1 saturated carbocycles. The second kappa shape index (κ2) is 7.02. The van der Waals surface area contributed by atoms with Gasteiger partial charge >= 0.3 is 0 Å². The Balaban J connectivity index is 1.72. The minimum Gasteiger partial charge on any atom is -0.482 e. The fourth-order valence-electron chi connectivity index (χ4n) is 4.11. The molecule has 1 fully saturated rings. The van der Waals surface area contributed by atoms with Gasteiger partial charge in [0.15, 0.2) is 6.10 Å². The fraction of sp³-hybridized carbons (Fsp3) is 0.318. The van der Waals surface area contributed by atoms with Crippen molar-refractivity contribution in [3.05, 3.63) is 77.4 Å². The van der Waals surface area contributed by atoms with Crippen LogP contribution in [0.15, 0.2) is 54.6 Å². The van der Waals surface area contributed by atoms with E-state index in [1.54, 1.807) is 30.3 Å². The van der Waals surface area contributed by atoms with Gasteiger partial charge in [0.05, 0.1) is 11.1 Å². The molecule has 0 saturated heterocycles. The van der Waals surface area contributed by atoms with Gasteiger partial charge in [0, 0.05) is 5.92 Å². The average Bonchev–Trinajstić information content (AvgIpc) is 2.67. The second-order valence-corrected chi connectivity index (χ2v) is 7.01. The van der Waals surface area contributed by atoms with Gasteiger partial charge in [0.1, 0.15) is 17.4 Å². The van der Waals surface area contributed by atoms with E-state index in [4.69, 9.17) is 4.74 Å². The SMILES string of the molecule is O=C(c1ccccc1F)[C@H]1OC(c2ccccc2F)=C[C@H]2CCCC[C@H]12. The molecule has 0 N–H and O–H groups in total. The highest BCUT2D eigenvalue weighted by Gasteiger charge is 2.41. The molecule has 1 aliphatic heterocycles. The minimum absolute atomic E-state index is 0.00591. The van der Waals surface area contributed by atoms with Crippen molar-refractivity contribution >= 4 is 11.5 Å². The zero-order valence-corrected chi connectivity index (χ0v) is 14.3. The van der Waals surface area contributed by atoms with Gasteiger partial charge in [-0.2, -0.15) is 0 Å². The van der Waals surface area contributed by atoms with Gasteiger partial charge in [-0.1, -0.05) is 37.1 Å². The molecule has 2 aromatic rings. The third kappa shape index (κ3) is 3.05. The number of fused-ring (bicyclic) bond motifs is 1. The molecule has 3 atom stereocenters. The molecule has 1 aliphatic carbocycles. The van der Waals surface area contributed by atoms with E-state index in [0.29, 0.717) is 11.3 Å². The van der Waals surface area contributed by atoms with E-state index in [1.165, 1.54) is 18.2 Å². The minimum atomic E-state index is -0.781. The molecule has 26 heavy (non-hydrogen) atoms. The van der Waals surface area contributed by atoms with Crippen LogP contribution >= 0.6 is 0 Å². The molecule has 0 unspecified atom stereocenters. The van der Waals surface area contributed by atoms with Crippen molar-refractivity contribution in [3.8, 4) is 0 Å². The van der Waals surface area contributed by atoms with Crippen LogP contribution in [0.25, 0.3) is 5.76 Å². The van der Waals surface area contributed by atoms with Crippen LogP contribution in [-0.4, -0.2) is 11.9 Å². The zero-order valence-electron chi connectivity index (χ0n) is 14.3. The number of allylic oxidation sites excluding steroid dienone is 1. The molecule has 2 aromatic carbocycles. The average molecular weight is 354 g/mol. The van der Waals surface area contributed by atoms with Crippen molar-refractivity contribution in [1.29, 1.82) is 0 Å². The number of carbonyl (C=O) groups excluding carboxylic acids is 1. The summed E-state index contributed by atoms with van der Waals surface area (Å²) in [6.07, 6.45) is 5.06. The van der Waals surface area contributed by atoms with Crippen molar-refractivity contribution < 1.29 is 18.3 Å². The molecular formula is C22H20F2O2. The van der Waals surface area contributed by atoms with Gasteiger partial charge in [-0.15, -0.1) is 0 Å². The maximum Gasteiger partial charge on any atom is 0.206 e. The summed E-state index contributed by atoms with van der Waals surface area (Å²) >= 11 is 0. The maximum atomic E-state index is 14.2. The second-order valence-electron chi connectivity index (χ2n) is 7.01. The number of carbonyl (C=O) groups is 1. The summed E-state index contributed by atoms with van der Waals surface area (Å²) in [7, 11) is 0. The van der Waals surface area contributed by atoms with Crippen molar-refractivity contribution in [2.24, 2.45) is 11.8 Å². The standard InChI is InChI=1S/C22H20F2O2/c23-18-11-5-3-9-16(18)20-13-14-7-1-2-8-15(14)22(26-20)21(25)17-10-4-6-12-19(17)24/h3-6,9-15,22H,1-2,7-8H2/t14-,15+,22+/m1/s1. The van der Waals surface area contributed by atoms with Crippen LogP contribution in [0.1, 0.15) is 41.6 Å². The Labute approximate surface area is 151 Å². The first kappa shape index (κ1) is 17.0. The topological polar surface area (TPSA) is 26.3 Å². The Kier molecular flexibility index (Phi) is 4.58. The molecule has 0 amide bonds.